The third kappa shape index (κ3) is 1.18. The maximum absolute atomic E-state index is 12.2. The fourth-order valence-electron chi connectivity index (χ4n) is 0.897. The van der Waals surface area contributed by atoms with E-state index in [1.807, 2.05) is 0 Å². The molecule has 0 spiro atoms. The highest BCUT2D eigenvalue weighted by molar-refractivity contribution is 5.27. The zero-order valence-electron chi connectivity index (χ0n) is 6.48. The van der Waals surface area contributed by atoms with Gasteiger partial charge in [0.15, 0.2) is 5.83 Å². The lowest BCUT2D eigenvalue weighted by Gasteiger charge is -2.38. The van der Waals surface area contributed by atoms with E-state index in [9.17, 15) is 39.5 Å². The summed E-state index contributed by atoms with van der Waals surface area (Å²) in [7, 11) is 0. The first-order chi connectivity index (χ1) is 6.38. The van der Waals surface area contributed by atoms with Crippen molar-refractivity contribution in [2.45, 2.75) is 23.7 Å². The van der Waals surface area contributed by atoms with E-state index in [2.05, 4.69) is 0 Å². The lowest BCUT2D eigenvalue weighted by molar-refractivity contribution is -0.359. The van der Waals surface area contributed by atoms with Gasteiger partial charge in [-0.15, -0.1) is 0 Å². The number of allylic oxidation sites excluding steroid dienone is 2. The van der Waals surface area contributed by atoms with Crippen LogP contribution in [0, 0.1) is 0 Å². The van der Waals surface area contributed by atoms with Crippen molar-refractivity contribution in [2.75, 3.05) is 0 Å². The SMILES string of the molecule is FC1=CC(F)(F)C(F)(F)C(F)(F)C1(F)F. The molecule has 1 aliphatic carbocycles. The molecule has 88 valence electrons. The lowest BCUT2D eigenvalue weighted by Crippen LogP contribution is -2.64. The van der Waals surface area contributed by atoms with E-state index in [0.29, 0.717) is 0 Å². The van der Waals surface area contributed by atoms with Crippen LogP contribution in [-0.4, -0.2) is 23.7 Å². The summed E-state index contributed by atoms with van der Waals surface area (Å²) in [5.41, 5.74) is 0. The number of rotatable bonds is 0. The van der Waals surface area contributed by atoms with Gasteiger partial charge >= 0.3 is 23.7 Å². The minimum Gasteiger partial charge on any atom is -0.205 e. The fourth-order valence-corrected chi connectivity index (χ4v) is 0.897. The Hall–Kier alpha value is -0.890. The molecule has 0 nitrogen and oxygen atoms in total. The van der Waals surface area contributed by atoms with Gasteiger partial charge in [0.25, 0.3) is 0 Å². The Morgan fingerprint density at radius 3 is 1.53 bits per heavy atom. The molecule has 0 amide bonds. The summed E-state index contributed by atoms with van der Waals surface area (Å²) in [6.07, 6.45) is -1.50. The molecule has 15 heavy (non-hydrogen) atoms. The zero-order chi connectivity index (χ0) is 12.3. The number of halogens is 9. The Kier molecular flexibility index (Phi) is 2.12. The van der Waals surface area contributed by atoms with Crippen LogP contribution in [0.25, 0.3) is 0 Å². The number of hydrogen-bond donors (Lipinski definition) is 0. The van der Waals surface area contributed by atoms with Gasteiger partial charge in [-0.1, -0.05) is 0 Å². The van der Waals surface area contributed by atoms with Crippen molar-refractivity contribution in [1.82, 2.24) is 0 Å². The third-order valence-electron chi connectivity index (χ3n) is 1.82. The molecule has 0 saturated heterocycles. The molecule has 0 N–H and O–H groups in total. The molecule has 0 unspecified atom stereocenters. The molecule has 0 heterocycles. The van der Waals surface area contributed by atoms with E-state index in [-0.39, 0.29) is 0 Å². The highest BCUT2D eigenvalue weighted by Gasteiger charge is 2.84. The van der Waals surface area contributed by atoms with E-state index in [1.165, 1.54) is 0 Å². The van der Waals surface area contributed by atoms with E-state index < -0.39 is 35.6 Å². The zero-order valence-corrected chi connectivity index (χ0v) is 6.48. The highest BCUT2D eigenvalue weighted by Crippen LogP contribution is 2.59. The molecule has 0 aromatic heterocycles. The van der Waals surface area contributed by atoms with E-state index in [0.717, 1.165) is 0 Å². The highest BCUT2D eigenvalue weighted by atomic mass is 19.4. The molecule has 0 fully saturated rings. The van der Waals surface area contributed by atoms with Crippen molar-refractivity contribution in [3.05, 3.63) is 11.9 Å². The molecule has 0 saturated carbocycles. The van der Waals surface area contributed by atoms with Gasteiger partial charge in [0.05, 0.1) is 0 Å². The molecule has 0 aromatic rings. The molecule has 0 bridgehead atoms. The molecule has 0 aromatic carbocycles. The van der Waals surface area contributed by atoms with Gasteiger partial charge in [0.2, 0.25) is 0 Å². The summed E-state index contributed by atoms with van der Waals surface area (Å²) < 4.78 is 110. The second-order valence-corrected chi connectivity index (χ2v) is 2.84. The van der Waals surface area contributed by atoms with Crippen molar-refractivity contribution in [2.24, 2.45) is 0 Å². The van der Waals surface area contributed by atoms with Gasteiger partial charge in [-0.2, -0.15) is 35.1 Å². The van der Waals surface area contributed by atoms with Gasteiger partial charge in [-0.25, -0.2) is 4.39 Å². The summed E-state index contributed by atoms with van der Waals surface area (Å²) in [6, 6.07) is 0. The molecule has 1 rings (SSSR count). The standard InChI is InChI=1S/C6HF9/c7-2-1-3(8,9)5(12,13)6(14,15)4(2,10)11/h1H. The summed E-state index contributed by atoms with van der Waals surface area (Å²) in [5.74, 6) is -27.7. The average molecular weight is 244 g/mol. The maximum atomic E-state index is 12.2. The summed E-state index contributed by atoms with van der Waals surface area (Å²) in [6.45, 7) is 0. The van der Waals surface area contributed by atoms with Crippen LogP contribution in [0.2, 0.25) is 0 Å². The van der Waals surface area contributed by atoms with Crippen LogP contribution in [0.15, 0.2) is 11.9 Å². The molecule has 9 heteroatoms. The van der Waals surface area contributed by atoms with Gasteiger partial charge in [0, 0.05) is 6.08 Å². The van der Waals surface area contributed by atoms with Crippen LogP contribution in [0.5, 0.6) is 0 Å². The van der Waals surface area contributed by atoms with E-state index >= 15 is 0 Å². The molecule has 1 aliphatic rings. The van der Waals surface area contributed by atoms with Crippen molar-refractivity contribution in [3.63, 3.8) is 0 Å². The molecule has 0 radical (unpaired) electrons. The fraction of sp³-hybridized carbons (Fsp3) is 0.667. The predicted octanol–water partition coefficient (Wildman–Crippen LogP) is 3.39. The monoisotopic (exact) mass is 244 g/mol. The van der Waals surface area contributed by atoms with Crippen LogP contribution in [0.3, 0.4) is 0 Å². The summed E-state index contributed by atoms with van der Waals surface area (Å²) in [5, 5.41) is 0. The van der Waals surface area contributed by atoms with Crippen molar-refractivity contribution in [3.8, 4) is 0 Å². The normalized spacial score (nSPS) is 30.9. The Morgan fingerprint density at radius 1 is 0.733 bits per heavy atom. The Bertz CT molecular complexity index is 313. The summed E-state index contributed by atoms with van der Waals surface area (Å²) in [4.78, 5) is 0. The van der Waals surface area contributed by atoms with Crippen molar-refractivity contribution >= 4 is 0 Å². The van der Waals surface area contributed by atoms with E-state index in [1.54, 1.807) is 0 Å². The van der Waals surface area contributed by atoms with Crippen LogP contribution in [-0.2, 0) is 0 Å². The quantitative estimate of drug-likeness (QED) is 0.573. The first-order valence-corrected chi connectivity index (χ1v) is 3.28. The molecule has 0 aliphatic heterocycles. The Labute approximate surface area is 76.4 Å². The van der Waals surface area contributed by atoms with E-state index in [4.69, 9.17) is 0 Å². The number of alkyl halides is 8. The smallest absolute Gasteiger partial charge is 0.205 e. The van der Waals surface area contributed by atoms with Crippen LogP contribution >= 0.6 is 0 Å². The average Bonchev–Trinajstić information content (AvgIpc) is 2.00. The first kappa shape index (κ1) is 12.2. The van der Waals surface area contributed by atoms with Gasteiger partial charge in [-0.05, 0) is 0 Å². The minimum absolute atomic E-state index is 1.50. The molecular formula is C6HF9. The van der Waals surface area contributed by atoms with Gasteiger partial charge < -0.3 is 0 Å². The summed E-state index contributed by atoms with van der Waals surface area (Å²) >= 11 is 0. The van der Waals surface area contributed by atoms with Gasteiger partial charge in [0.1, 0.15) is 0 Å². The topological polar surface area (TPSA) is 0 Å². The predicted molar refractivity (Wildman–Crippen MR) is 29.0 cm³/mol. The van der Waals surface area contributed by atoms with Crippen molar-refractivity contribution < 1.29 is 39.5 Å². The van der Waals surface area contributed by atoms with Crippen LogP contribution < -0.4 is 0 Å². The third-order valence-corrected chi connectivity index (χ3v) is 1.82. The largest absolute Gasteiger partial charge is 0.385 e. The molecule has 0 atom stereocenters. The van der Waals surface area contributed by atoms with Crippen molar-refractivity contribution in [1.29, 1.82) is 0 Å². The second-order valence-electron chi connectivity index (χ2n) is 2.84. The minimum atomic E-state index is -6.48. The Balaban J connectivity index is 3.49. The second kappa shape index (κ2) is 2.62. The molecular weight excluding hydrogens is 243 g/mol. The number of hydrogen-bond acceptors (Lipinski definition) is 0. The lowest BCUT2D eigenvalue weighted by atomic mass is 9.91. The Morgan fingerprint density at radius 2 is 1.13 bits per heavy atom. The van der Waals surface area contributed by atoms with Crippen LogP contribution in [0.4, 0.5) is 39.5 Å². The maximum Gasteiger partial charge on any atom is 0.385 e. The van der Waals surface area contributed by atoms with Crippen LogP contribution in [0.1, 0.15) is 0 Å². The van der Waals surface area contributed by atoms with Gasteiger partial charge in [-0.3, -0.25) is 0 Å². The first-order valence-electron chi connectivity index (χ1n) is 3.28.